The zero-order valence-corrected chi connectivity index (χ0v) is 12.3. The van der Waals surface area contributed by atoms with Gasteiger partial charge in [0.05, 0.1) is 15.9 Å². The SMILES string of the molecule is CC1CN(S(=O)(=O)c2ccc([N+](=O)[O-])c(N)c2)CCC1O. The Hall–Kier alpha value is -1.71. The molecule has 0 spiro atoms. The number of nitrogens with zero attached hydrogens (tertiary/aromatic N) is 2. The molecule has 2 rings (SSSR count). The van der Waals surface area contributed by atoms with Gasteiger partial charge in [-0.1, -0.05) is 6.92 Å². The fraction of sp³-hybridized carbons (Fsp3) is 0.500. The Morgan fingerprint density at radius 2 is 2.14 bits per heavy atom. The van der Waals surface area contributed by atoms with Gasteiger partial charge in [0.2, 0.25) is 10.0 Å². The van der Waals surface area contributed by atoms with E-state index in [0.717, 1.165) is 12.1 Å². The first-order chi connectivity index (χ1) is 9.73. The first kappa shape index (κ1) is 15.7. The molecular weight excluding hydrogens is 298 g/mol. The van der Waals surface area contributed by atoms with Crippen LogP contribution in [0.3, 0.4) is 0 Å². The molecule has 0 amide bonds. The maximum absolute atomic E-state index is 12.5. The number of nitrogens with two attached hydrogens (primary N) is 1. The monoisotopic (exact) mass is 315 g/mol. The second-order valence-corrected chi connectivity index (χ2v) is 7.11. The van der Waals surface area contributed by atoms with E-state index in [1.54, 1.807) is 6.92 Å². The van der Waals surface area contributed by atoms with Gasteiger partial charge < -0.3 is 10.8 Å². The number of anilines is 1. The molecule has 1 saturated heterocycles. The summed E-state index contributed by atoms with van der Waals surface area (Å²) in [6.45, 7) is 2.20. The van der Waals surface area contributed by atoms with E-state index in [2.05, 4.69) is 0 Å². The van der Waals surface area contributed by atoms with Crippen LogP contribution in [0.25, 0.3) is 0 Å². The minimum absolute atomic E-state index is 0.0748. The molecule has 1 fully saturated rings. The number of rotatable bonds is 3. The van der Waals surface area contributed by atoms with Crippen molar-refractivity contribution in [3.8, 4) is 0 Å². The summed E-state index contributed by atoms with van der Waals surface area (Å²) in [6, 6.07) is 3.37. The van der Waals surface area contributed by atoms with Gasteiger partial charge in [0.15, 0.2) is 0 Å². The van der Waals surface area contributed by atoms with E-state index in [1.165, 1.54) is 10.4 Å². The number of nitrogen functional groups attached to an aromatic ring is 1. The van der Waals surface area contributed by atoms with E-state index >= 15 is 0 Å². The van der Waals surface area contributed by atoms with Crippen LogP contribution in [0.2, 0.25) is 0 Å². The molecule has 3 N–H and O–H groups in total. The number of benzene rings is 1. The lowest BCUT2D eigenvalue weighted by Crippen LogP contribution is -2.44. The zero-order valence-electron chi connectivity index (χ0n) is 11.5. The fourth-order valence-electron chi connectivity index (χ4n) is 2.32. The highest BCUT2D eigenvalue weighted by atomic mass is 32.2. The summed E-state index contributed by atoms with van der Waals surface area (Å²) in [4.78, 5) is 9.96. The maximum atomic E-state index is 12.5. The number of nitro benzene ring substituents is 1. The van der Waals surface area contributed by atoms with Crippen molar-refractivity contribution in [3.05, 3.63) is 28.3 Å². The van der Waals surface area contributed by atoms with E-state index < -0.39 is 21.1 Å². The summed E-state index contributed by atoms with van der Waals surface area (Å²) in [5.41, 5.74) is 5.02. The van der Waals surface area contributed by atoms with Crippen LogP contribution in [0.4, 0.5) is 11.4 Å². The molecule has 0 saturated carbocycles. The second-order valence-electron chi connectivity index (χ2n) is 5.17. The summed E-state index contributed by atoms with van der Waals surface area (Å²) in [6.07, 6.45) is -0.151. The quantitative estimate of drug-likeness (QED) is 0.477. The molecule has 116 valence electrons. The average molecular weight is 315 g/mol. The van der Waals surface area contributed by atoms with Crippen LogP contribution in [-0.4, -0.2) is 41.9 Å². The molecule has 9 heteroatoms. The normalized spacial score (nSPS) is 23.9. The van der Waals surface area contributed by atoms with Crippen LogP contribution in [0, 0.1) is 16.0 Å². The fourth-order valence-corrected chi connectivity index (χ4v) is 3.91. The Morgan fingerprint density at radius 1 is 1.48 bits per heavy atom. The van der Waals surface area contributed by atoms with Crippen molar-refractivity contribution in [1.82, 2.24) is 4.31 Å². The van der Waals surface area contributed by atoms with Crippen LogP contribution < -0.4 is 5.73 Å². The third-order valence-electron chi connectivity index (χ3n) is 3.66. The predicted octanol–water partition coefficient (Wildman–Crippen LogP) is 0.568. The Morgan fingerprint density at radius 3 is 2.67 bits per heavy atom. The Kier molecular flexibility index (Phi) is 4.17. The molecule has 0 radical (unpaired) electrons. The van der Waals surface area contributed by atoms with Crippen LogP contribution in [0.15, 0.2) is 23.1 Å². The van der Waals surface area contributed by atoms with Crippen molar-refractivity contribution < 1.29 is 18.4 Å². The van der Waals surface area contributed by atoms with E-state index in [4.69, 9.17) is 5.73 Å². The summed E-state index contributed by atoms with van der Waals surface area (Å²) in [5, 5.41) is 20.4. The van der Waals surface area contributed by atoms with Crippen molar-refractivity contribution >= 4 is 21.4 Å². The number of sulfonamides is 1. The second kappa shape index (κ2) is 5.58. The average Bonchev–Trinajstić information content (AvgIpc) is 2.41. The first-order valence-corrected chi connectivity index (χ1v) is 7.89. The van der Waals surface area contributed by atoms with E-state index in [9.17, 15) is 23.6 Å². The number of hydrogen-bond acceptors (Lipinski definition) is 6. The Bertz CT molecular complexity index is 661. The minimum atomic E-state index is -3.76. The molecule has 1 aromatic rings. The van der Waals surface area contributed by atoms with E-state index in [0.29, 0.717) is 6.42 Å². The van der Waals surface area contributed by atoms with Gasteiger partial charge in [0.1, 0.15) is 5.69 Å². The van der Waals surface area contributed by atoms with Crippen molar-refractivity contribution in [2.75, 3.05) is 18.8 Å². The van der Waals surface area contributed by atoms with Gasteiger partial charge in [-0.3, -0.25) is 10.1 Å². The summed E-state index contributed by atoms with van der Waals surface area (Å²) < 4.78 is 26.3. The standard InChI is InChI=1S/C12H17N3O5S/c1-8-7-14(5-4-12(8)16)21(19,20)9-2-3-11(15(17)18)10(13)6-9/h2-3,6,8,12,16H,4-5,7,13H2,1H3. The number of hydrogen-bond donors (Lipinski definition) is 2. The first-order valence-electron chi connectivity index (χ1n) is 6.45. The highest BCUT2D eigenvalue weighted by Crippen LogP contribution is 2.28. The smallest absolute Gasteiger partial charge is 0.292 e. The van der Waals surface area contributed by atoms with Crippen LogP contribution >= 0.6 is 0 Å². The minimum Gasteiger partial charge on any atom is -0.393 e. The van der Waals surface area contributed by atoms with Crippen molar-refractivity contribution in [3.63, 3.8) is 0 Å². The molecule has 1 aliphatic heterocycles. The summed E-state index contributed by atoms with van der Waals surface area (Å²) >= 11 is 0. The highest BCUT2D eigenvalue weighted by Gasteiger charge is 2.33. The van der Waals surface area contributed by atoms with Crippen LogP contribution in [0.5, 0.6) is 0 Å². The lowest BCUT2D eigenvalue weighted by Gasteiger charge is -2.33. The Labute approximate surface area is 122 Å². The molecule has 0 aromatic heterocycles. The van der Waals surface area contributed by atoms with E-state index in [-0.39, 0.29) is 35.3 Å². The van der Waals surface area contributed by atoms with Gasteiger partial charge in [0, 0.05) is 19.2 Å². The molecule has 21 heavy (non-hydrogen) atoms. The lowest BCUT2D eigenvalue weighted by molar-refractivity contribution is -0.383. The van der Waals surface area contributed by atoms with Crippen molar-refractivity contribution in [1.29, 1.82) is 0 Å². The van der Waals surface area contributed by atoms with Crippen LogP contribution in [-0.2, 0) is 10.0 Å². The molecule has 1 aliphatic rings. The maximum Gasteiger partial charge on any atom is 0.292 e. The molecular formula is C12H17N3O5S. The van der Waals surface area contributed by atoms with Gasteiger partial charge in [0.25, 0.3) is 5.69 Å². The number of aliphatic hydroxyl groups is 1. The van der Waals surface area contributed by atoms with Gasteiger partial charge in [-0.05, 0) is 24.5 Å². The molecule has 0 bridgehead atoms. The number of aliphatic hydroxyl groups excluding tert-OH is 1. The van der Waals surface area contributed by atoms with Crippen molar-refractivity contribution in [2.24, 2.45) is 5.92 Å². The lowest BCUT2D eigenvalue weighted by atomic mass is 9.99. The molecule has 1 aromatic carbocycles. The summed E-state index contributed by atoms with van der Waals surface area (Å²) in [5.74, 6) is -0.163. The van der Waals surface area contributed by atoms with E-state index in [1.807, 2.05) is 0 Å². The summed E-state index contributed by atoms with van der Waals surface area (Å²) in [7, 11) is -3.76. The molecule has 1 heterocycles. The third kappa shape index (κ3) is 2.99. The van der Waals surface area contributed by atoms with Gasteiger partial charge in [-0.2, -0.15) is 4.31 Å². The molecule has 2 atom stereocenters. The topological polar surface area (TPSA) is 127 Å². The predicted molar refractivity (Wildman–Crippen MR) is 76.1 cm³/mol. The zero-order chi connectivity index (χ0) is 15.8. The molecule has 2 unspecified atom stereocenters. The van der Waals surface area contributed by atoms with Crippen LogP contribution in [0.1, 0.15) is 13.3 Å². The molecule has 8 nitrogen and oxygen atoms in total. The third-order valence-corrected chi connectivity index (χ3v) is 5.52. The van der Waals surface area contributed by atoms with Gasteiger partial charge >= 0.3 is 0 Å². The Balaban J connectivity index is 2.32. The number of nitro groups is 1. The largest absolute Gasteiger partial charge is 0.393 e. The van der Waals surface area contributed by atoms with Gasteiger partial charge in [-0.15, -0.1) is 0 Å². The molecule has 0 aliphatic carbocycles. The van der Waals surface area contributed by atoms with Crippen molar-refractivity contribution in [2.45, 2.75) is 24.3 Å². The van der Waals surface area contributed by atoms with Gasteiger partial charge in [-0.25, -0.2) is 8.42 Å². The number of piperidine rings is 1. The highest BCUT2D eigenvalue weighted by molar-refractivity contribution is 7.89.